The highest BCUT2D eigenvalue weighted by atomic mass is 19.4. The Morgan fingerprint density at radius 1 is 1.24 bits per heavy atom. The first-order valence-corrected chi connectivity index (χ1v) is 9.57. The van der Waals surface area contributed by atoms with Crippen molar-refractivity contribution in [3.8, 4) is 11.3 Å². The van der Waals surface area contributed by atoms with Crippen LogP contribution in [0.15, 0.2) is 40.8 Å². The van der Waals surface area contributed by atoms with E-state index < -0.39 is 17.6 Å². The van der Waals surface area contributed by atoms with Crippen LogP contribution >= 0.6 is 0 Å². The number of likely N-dealkylation sites (tertiary alicyclic amines) is 1. The first kappa shape index (κ1) is 21.0. The molecule has 2 amide bonds. The third-order valence-electron chi connectivity index (χ3n) is 4.94. The van der Waals surface area contributed by atoms with Gasteiger partial charge in [0.25, 0.3) is 5.91 Å². The molecule has 2 aromatic rings. The van der Waals surface area contributed by atoms with Gasteiger partial charge in [0.2, 0.25) is 5.91 Å². The first-order chi connectivity index (χ1) is 13.7. The molecule has 2 heterocycles. The molecule has 29 heavy (non-hydrogen) atoms. The summed E-state index contributed by atoms with van der Waals surface area (Å²) in [5.74, 6) is 0.125. The standard InChI is InChI=1S/C21H23F3N2O3/c1-14-4-3-11-26(13-14)19(27)9-10-25-20(28)18-8-7-17(29-18)15-5-2-6-16(12-15)21(22,23)24/h2,5-8,12,14H,3-4,9-11,13H2,1H3,(H,25,28). The van der Waals surface area contributed by atoms with E-state index in [1.54, 1.807) is 0 Å². The van der Waals surface area contributed by atoms with Gasteiger partial charge in [0, 0.05) is 31.6 Å². The number of hydrogen-bond donors (Lipinski definition) is 1. The minimum Gasteiger partial charge on any atom is -0.451 e. The summed E-state index contributed by atoms with van der Waals surface area (Å²) >= 11 is 0. The number of amides is 2. The number of rotatable bonds is 5. The Kier molecular flexibility index (Phi) is 6.30. The molecule has 1 saturated heterocycles. The highest BCUT2D eigenvalue weighted by molar-refractivity contribution is 5.92. The molecule has 0 radical (unpaired) electrons. The van der Waals surface area contributed by atoms with Crippen LogP contribution in [0, 0.1) is 5.92 Å². The van der Waals surface area contributed by atoms with Crippen LogP contribution < -0.4 is 5.32 Å². The van der Waals surface area contributed by atoms with E-state index in [4.69, 9.17) is 4.42 Å². The van der Waals surface area contributed by atoms with Crippen molar-refractivity contribution in [1.82, 2.24) is 10.2 Å². The molecule has 0 bridgehead atoms. The van der Waals surface area contributed by atoms with Gasteiger partial charge in [-0.25, -0.2) is 0 Å². The Labute approximate surface area is 166 Å². The topological polar surface area (TPSA) is 62.6 Å². The predicted octanol–water partition coefficient (Wildman–Crippen LogP) is 4.34. The van der Waals surface area contributed by atoms with Gasteiger partial charge < -0.3 is 14.6 Å². The van der Waals surface area contributed by atoms with Crippen molar-refractivity contribution >= 4 is 11.8 Å². The molecule has 0 aliphatic carbocycles. The summed E-state index contributed by atoms with van der Waals surface area (Å²) in [4.78, 5) is 26.3. The lowest BCUT2D eigenvalue weighted by molar-refractivity contribution is -0.137. The van der Waals surface area contributed by atoms with E-state index in [1.807, 2.05) is 4.90 Å². The molecule has 0 spiro atoms. The van der Waals surface area contributed by atoms with Crippen molar-refractivity contribution in [2.75, 3.05) is 19.6 Å². The van der Waals surface area contributed by atoms with E-state index in [-0.39, 0.29) is 36.0 Å². The van der Waals surface area contributed by atoms with Crippen LogP contribution in [-0.4, -0.2) is 36.3 Å². The van der Waals surface area contributed by atoms with Crippen LogP contribution in [0.5, 0.6) is 0 Å². The van der Waals surface area contributed by atoms with Gasteiger partial charge in [-0.05, 0) is 43.0 Å². The van der Waals surface area contributed by atoms with E-state index in [0.29, 0.717) is 5.92 Å². The van der Waals surface area contributed by atoms with Crippen LogP contribution in [0.4, 0.5) is 13.2 Å². The lowest BCUT2D eigenvalue weighted by Gasteiger charge is -2.31. The van der Waals surface area contributed by atoms with Crippen molar-refractivity contribution in [2.24, 2.45) is 5.92 Å². The van der Waals surface area contributed by atoms with Crippen molar-refractivity contribution in [2.45, 2.75) is 32.4 Å². The highest BCUT2D eigenvalue weighted by Gasteiger charge is 2.30. The smallest absolute Gasteiger partial charge is 0.416 e. The fourth-order valence-corrected chi connectivity index (χ4v) is 3.41. The number of furan rings is 1. The monoisotopic (exact) mass is 408 g/mol. The number of piperidine rings is 1. The highest BCUT2D eigenvalue weighted by Crippen LogP contribution is 2.32. The summed E-state index contributed by atoms with van der Waals surface area (Å²) in [7, 11) is 0. The van der Waals surface area contributed by atoms with E-state index >= 15 is 0 Å². The number of benzene rings is 1. The van der Waals surface area contributed by atoms with Crippen molar-refractivity contribution in [1.29, 1.82) is 0 Å². The van der Waals surface area contributed by atoms with Gasteiger partial charge in [-0.2, -0.15) is 13.2 Å². The zero-order chi connectivity index (χ0) is 21.0. The van der Waals surface area contributed by atoms with E-state index in [9.17, 15) is 22.8 Å². The molecule has 156 valence electrons. The maximum Gasteiger partial charge on any atom is 0.416 e. The third-order valence-corrected chi connectivity index (χ3v) is 4.94. The van der Waals surface area contributed by atoms with Crippen molar-refractivity contribution in [3.05, 3.63) is 47.7 Å². The largest absolute Gasteiger partial charge is 0.451 e. The van der Waals surface area contributed by atoms with Crippen LogP contribution in [-0.2, 0) is 11.0 Å². The fourth-order valence-electron chi connectivity index (χ4n) is 3.41. The molecule has 1 aliphatic heterocycles. The predicted molar refractivity (Wildman–Crippen MR) is 101 cm³/mol. The zero-order valence-corrected chi connectivity index (χ0v) is 16.1. The second-order valence-electron chi connectivity index (χ2n) is 7.34. The third kappa shape index (κ3) is 5.40. The fraction of sp³-hybridized carbons (Fsp3) is 0.429. The lowest BCUT2D eigenvalue weighted by Crippen LogP contribution is -2.40. The molecule has 1 aromatic carbocycles. The van der Waals surface area contributed by atoms with Gasteiger partial charge in [0.05, 0.1) is 5.56 Å². The number of halogens is 3. The second kappa shape index (κ2) is 8.71. The molecule has 1 aliphatic rings. The minimum absolute atomic E-state index is 0.000879. The Bertz CT molecular complexity index is 876. The van der Waals surface area contributed by atoms with Crippen LogP contribution in [0.25, 0.3) is 11.3 Å². The zero-order valence-electron chi connectivity index (χ0n) is 16.1. The molecule has 8 heteroatoms. The molecular weight excluding hydrogens is 385 g/mol. The summed E-state index contributed by atoms with van der Waals surface area (Å²) in [6.45, 7) is 3.77. The van der Waals surface area contributed by atoms with Gasteiger partial charge in [-0.15, -0.1) is 0 Å². The summed E-state index contributed by atoms with van der Waals surface area (Å²) < 4.78 is 44.0. The summed E-state index contributed by atoms with van der Waals surface area (Å²) in [5, 5.41) is 2.62. The quantitative estimate of drug-likeness (QED) is 0.800. The molecule has 1 N–H and O–H groups in total. The number of carbonyl (C=O) groups is 2. The van der Waals surface area contributed by atoms with E-state index in [1.165, 1.54) is 24.3 Å². The number of alkyl halides is 3. The Hall–Kier alpha value is -2.77. The number of carbonyl (C=O) groups excluding carboxylic acids is 2. The van der Waals surface area contributed by atoms with Gasteiger partial charge >= 0.3 is 6.18 Å². The SMILES string of the molecule is CC1CCCN(C(=O)CCNC(=O)c2ccc(-c3cccc(C(F)(F)F)c3)o2)C1. The van der Waals surface area contributed by atoms with Crippen LogP contribution in [0.3, 0.4) is 0 Å². The first-order valence-electron chi connectivity index (χ1n) is 9.57. The minimum atomic E-state index is -4.46. The average Bonchev–Trinajstić information content (AvgIpc) is 3.17. The Balaban J connectivity index is 1.55. The maximum atomic E-state index is 12.9. The average molecular weight is 408 g/mol. The molecule has 1 unspecified atom stereocenters. The van der Waals surface area contributed by atoms with Crippen LogP contribution in [0.2, 0.25) is 0 Å². The molecule has 1 atom stereocenters. The molecular formula is C21H23F3N2O3. The summed E-state index contributed by atoms with van der Waals surface area (Å²) in [6.07, 6.45) is -2.15. The number of hydrogen-bond acceptors (Lipinski definition) is 3. The van der Waals surface area contributed by atoms with Gasteiger partial charge in [0.1, 0.15) is 5.76 Å². The molecule has 0 saturated carbocycles. The van der Waals surface area contributed by atoms with Gasteiger partial charge in [-0.3, -0.25) is 9.59 Å². The molecule has 3 rings (SSSR count). The van der Waals surface area contributed by atoms with E-state index in [2.05, 4.69) is 12.2 Å². The molecule has 5 nitrogen and oxygen atoms in total. The Morgan fingerprint density at radius 2 is 2.03 bits per heavy atom. The molecule has 1 aromatic heterocycles. The lowest BCUT2D eigenvalue weighted by atomic mass is 10.00. The normalized spacial score (nSPS) is 17.2. The second-order valence-corrected chi connectivity index (χ2v) is 7.34. The van der Waals surface area contributed by atoms with Crippen LogP contribution in [0.1, 0.15) is 42.3 Å². The van der Waals surface area contributed by atoms with Crippen molar-refractivity contribution < 1.29 is 27.2 Å². The maximum absolute atomic E-state index is 12.9. The summed E-state index contributed by atoms with van der Waals surface area (Å²) in [5.41, 5.74) is -0.559. The number of nitrogens with zero attached hydrogens (tertiary/aromatic N) is 1. The number of nitrogens with one attached hydrogen (secondary N) is 1. The van der Waals surface area contributed by atoms with Gasteiger partial charge in [-0.1, -0.05) is 19.1 Å². The Morgan fingerprint density at radius 3 is 2.76 bits per heavy atom. The van der Waals surface area contributed by atoms with E-state index in [0.717, 1.165) is 38.1 Å². The van der Waals surface area contributed by atoms with Crippen molar-refractivity contribution in [3.63, 3.8) is 0 Å². The summed E-state index contributed by atoms with van der Waals surface area (Å²) in [6, 6.07) is 7.56. The van der Waals surface area contributed by atoms with Gasteiger partial charge in [0.15, 0.2) is 5.76 Å². The molecule has 1 fully saturated rings.